The van der Waals surface area contributed by atoms with E-state index in [-0.39, 0.29) is 0 Å². The summed E-state index contributed by atoms with van der Waals surface area (Å²) >= 11 is 0. The lowest BCUT2D eigenvalue weighted by molar-refractivity contribution is -0.161. The highest BCUT2D eigenvalue weighted by Gasteiger charge is 2.49. The van der Waals surface area contributed by atoms with Gasteiger partial charge in [-0.1, -0.05) is 0 Å². The highest BCUT2D eigenvalue weighted by Crippen LogP contribution is 2.41. The monoisotopic (exact) mass is 156 g/mol. The number of rotatable bonds is 1. The molecule has 1 heterocycles. The Hall–Kier alpha value is -0.570. The van der Waals surface area contributed by atoms with E-state index in [0.717, 1.165) is 19.3 Å². The minimum absolute atomic E-state index is 0.514. The zero-order valence-corrected chi connectivity index (χ0v) is 6.38. The molecule has 3 nitrogen and oxygen atoms in total. The highest BCUT2D eigenvalue weighted by atomic mass is 16.5. The molecule has 0 aromatic carbocycles. The number of fused-ring (bicyclic) bond motifs is 2. The van der Waals surface area contributed by atoms with E-state index in [1.807, 2.05) is 0 Å². The summed E-state index contributed by atoms with van der Waals surface area (Å²) in [6.07, 6.45) is 3.60. The molecule has 1 N–H and O–H groups in total. The molecule has 11 heavy (non-hydrogen) atoms. The minimum Gasteiger partial charge on any atom is -0.479 e. The summed E-state index contributed by atoms with van der Waals surface area (Å²) < 4.78 is 5.33. The molecular weight excluding hydrogens is 144 g/mol. The predicted octanol–water partition coefficient (Wildman–Crippen LogP) is 1.03. The Bertz CT molecular complexity index is 186. The summed E-state index contributed by atoms with van der Waals surface area (Å²) in [6.45, 7) is 0.659. The molecule has 0 aromatic heterocycles. The van der Waals surface area contributed by atoms with Crippen LogP contribution in [0.4, 0.5) is 0 Å². The number of carboxylic acid groups (broad SMARTS) is 1. The first-order valence-corrected chi connectivity index (χ1v) is 4.10. The third kappa shape index (κ3) is 0.948. The van der Waals surface area contributed by atoms with Crippen molar-refractivity contribution in [3.63, 3.8) is 0 Å². The molecule has 0 aromatic rings. The lowest BCUT2D eigenvalue weighted by Crippen LogP contribution is -2.39. The Morgan fingerprint density at radius 2 is 2.45 bits per heavy atom. The van der Waals surface area contributed by atoms with Crippen molar-refractivity contribution in [1.29, 1.82) is 0 Å². The van der Waals surface area contributed by atoms with Crippen molar-refractivity contribution in [2.24, 2.45) is 5.92 Å². The Morgan fingerprint density at radius 3 is 3.09 bits per heavy atom. The Balaban J connectivity index is 2.19. The molecule has 1 saturated heterocycles. The maximum atomic E-state index is 10.8. The number of hydrogen-bond acceptors (Lipinski definition) is 2. The van der Waals surface area contributed by atoms with E-state index >= 15 is 0 Å². The van der Waals surface area contributed by atoms with Crippen LogP contribution in [0.15, 0.2) is 0 Å². The third-order valence-corrected chi connectivity index (χ3v) is 2.80. The molecule has 2 bridgehead atoms. The highest BCUT2D eigenvalue weighted by molar-refractivity contribution is 5.78. The summed E-state index contributed by atoms with van der Waals surface area (Å²) in [5.74, 6) is -0.250. The zero-order chi connectivity index (χ0) is 7.90. The normalized spacial score (nSPS) is 42.4. The van der Waals surface area contributed by atoms with Crippen LogP contribution in [0.2, 0.25) is 0 Å². The molecule has 2 unspecified atom stereocenters. The maximum absolute atomic E-state index is 10.8. The van der Waals surface area contributed by atoms with E-state index in [1.54, 1.807) is 0 Å². The fraction of sp³-hybridized carbons (Fsp3) is 0.875. The van der Waals surface area contributed by atoms with E-state index in [0.29, 0.717) is 18.9 Å². The van der Waals surface area contributed by atoms with Crippen LogP contribution in [0.5, 0.6) is 0 Å². The van der Waals surface area contributed by atoms with Gasteiger partial charge in [-0.2, -0.15) is 0 Å². The van der Waals surface area contributed by atoms with Crippen LogP contribution >= 0.6 is 0 Å². The molecule has 3 heteroatoms. The molecule has 2 fully saturated rings. The van der Waals surface area contributed by atoms with Crippen molar-refractivity contribution in [2.75, 3.05) is 6.61 Å². The number of hydrogen-bond donors (Lipinski definition) is 1. The number of ether oxygens (including phenoxy) is 1. The summed E-state index contributed by atoms with van der Waals surface area (Å²) in [5, 5.41) is 8.89. The average Bonchev–Trinajstić information content (AvgIpc) is 2.29. The van der Waals surface area contributed by atoms with Crippen LogP contribution in [-0.4, -0.2) is 23.3 Å². The number of carboxylic acids is 1. The Morgan fingerprint density at radius 1 is 1.64 bits per heavy atom. The molecule has 0 radical (unpaired) electrons. The van der Waals surface area contributed by atoms with Crippen molar-refractivity contribution in [1.82, 2.24) is 0 Å². The van der Waals surface area contributed by atoms with Gasteiger partial charge in [-0.3, -0.25) is 0 Å². The van der Waals surface area contributed by atoms with Gasteiger partial charge in [0.25, 0.3) is 0 Å². The van der Waals surface area contributed by atoms with Gasteiger partial charge >= 0.3 is 5.97 Å². The SMILES string of the molecule is O=C(O)C12CCCC(CO1)C2. The topological polar surface area (TPSA) is 46.5 Å². The second-order valence-electron chi connectivity index (χ2n) is 3.57. The van der Waals surface area contributed by atoms with E-state index in [9.17, 15) is 4.79 Å². The van der Waals surface area contributed by atoms with E-state index in [2.05, 4.69) is 0 Å². The smallest absolute Gasteiger partial charge is 0.335 e. The van der Waals surface area contributed by atoms with Gasteiger partial charge in [-0.05, 0) is 31.6 Å². The Labute approximate surface area is 65.4 Å². The Kier molecular flexibility index (Phi) is 1.42. The molecule has 0 spiro atoms. The molecule has 1 saturated carbocycles. The minimum atomic E-state index is -0.789. The quantitative estimate of drug-likeness (QED) is 0.616. The lowest BCUT2D eigenvalue weighted by atomic mass is 9.81. The zero-order valence-electron chi connectivity index (χ0n) is 6.38. The molecule has 2 rings (SSSR count). The van der Waals surface area contributed by atoms with E-state index < -0.39 is 11.6 Å². The van der Waals surface area contributed by atoms with Gasteiger partial charge < -0.3 is 9.84 Å². The average molecular weight is 156 g/mol. The second kappa shape index (κ2) is 2.21. The lowest BCUT2D eigenvalue weighted by Gasteiger charge is -2.26. The molecule has 1 aliphatic heterocycles. The van der Waals surface area contributed by atoms with Gasteiger partial charge in [0.05, 0.1) is 6.61 Å². The van der Waals surface area contributed by atoms with Crippen LogP contribution in [0.1, 0.15) is 25.7 Å². The summed E-state index contributed by atoms with van der Waals surface area (Å²) in [7, 11) is 0. The first kappa shape index (κ1) is 7.10. The van der Waals surface area contributed by atoms with Crippen LogP contribution in [-0.2, 0) is 9.53 Å². The first-order chi connectivity index (χ1) is 5.23. The van der Waals surface area contributed by atoms with Gasteiger partial charge in [0.1, 0.15) is 0 Å². The largest absolute Gasteiger partial charge is 0.479 e. The van der Waals surface area contributed by atoms with Crippen LogP contribution in [0.25, 0.3) is 0 Å². The van der Waals surface area contributed by atoms with Crippen LogP contribution in [0.3, 0.4) is 0 Å². The maximum Gasteiger partial charge on any atom is 0.335 e. The number of aliphatic carboxylic acids is 1. The number of carbonyl (C=O) groups is 1. The van der Waals surface area contributed by atoms with Crippen molar-refractivity contribution in [2.45, 2.75) is 31.3 Å². The van der Waals surface area contributed by atoms with Crippen molar-refractivity contribution >= 4 is 5.97 Å². The van der Waals surface area contributed by atoms with Gasteiger partial charge in [-0.15, -0.1) is 0 Å². The molecular formula is C8H12O3. The summed E-state index contributed by atoms with van der Waals surface area (Å²) in [5.41, 5.74) is -0.789. The van der Waals surface area contributed by atoms with Crippen molar-refractivity contribution in [3.05, 3.63) is 0 Å². The first-order valence-electron chi connectivity index (χ1n) is 4.10. The summed E-state index contributed by atoms with van der Waals surface area (Å²) in [4.78, 5) is 10.8. The van der Waals surface area contributed by atoms with E-state index in [4.69, 9.17) is 9.84 Å². The fourth-order valence-corrected chi connectivity index (χ4v) is 2.15. The summed E-state index contributed by atoms with van der Waals surface area (Å²) in [6, 6.07) is 0. The predicted molar refractivity (Wildman–Crippen MR) is 38.3 cm³/mol. The molecule has 2 atom stereocenters. The van der Waals surface area contributed by atoms with Gasteiger partial charge in [0.15, 0.2) is 5.60 Å². The van der Waals surface area contributed by atoms with Crippen molar-refractivity contribution in [3.8, 4) is 0 Å². The van der Waals surface area contributed by atoms with Crippen LogP contribution in [0, 0.1) is 5.92 Å². The standard InChI is InChI=1S/C8H12O3/c9-7(10)8-3-1-2-6(4-8)5-11-8/h6H,1-5H2,(H,9,10). The van der Waals surface area contributed by atoms with E-state index in [1.165, 1.54) is 0 Å². The van der Waals surface area contributed by atoms with Gasteiger partial charge in [-0.25, -0.2) is 4.79 Å². The molecule has 62 valence electrons. The van der Waals surface area contributed by atoms with Crippen LogP contribution < -0.4 is 0 Å². The molecule has 1 aliphatic carbocycles. The van der Waals surface area contributed by atoms with Gasteiger partial charge in [0, 0.05) is 0 Å². The third-order valence-electron chi connectivity index (χ3n) is 2.80. The second-order valence-corrected chi connectivity index (χ2v) is 3.57. The van der Waals surface area contributed by atoms with Gasteiger partial charge in [0.2, 0.25) is 0 Å². The molecule has 2 aliphatic rings. The van der Waals surface area contributed by atoms with Crippen molar-refractivity contribution < 1.29 is 14.6 Å². The fourth-order valence-electron chi connectivity index (χ4n) is 2.15. The molecule has 0 amide bonds.